The Morgan fingerprint density at radius 2 is 2.20 bits per heavy atom. The molecule has 1 rings (SSSR count). The smallest absolute Gasteiger partial charge is 0.0149 e. The summed E-state index contributed by atoms with van der Waals surface area (Å²) >= 11 is 0. The van der Waals surface area contributed by atoms with Gasteiger partial charge in [0.15, 0.2) is 0 Å². The van der Waals surface area contributed by atoms with Gasteiger partial charge in [-0.2, -0.15) is 0 Å². The Bertz CT molecular complexity index is 184. The van der Waals surface area contributed by atoms with Crippen molar-refractivity contribution in [1.29, 1.82) is 0 Å². The topological polar surface area (TPSA) is 0 Å². The predicted octanol–water partition coefficient (Wildman–Crippen LogP) is 2.75. The van der Waals surface area contributed by atoms with E-state index in [0.717, 1.165) is 0 Å². The van der Waals surface area contributed by atoms with Crippen LogP contribution in [0.15, 0.2) is 18.2 Å². The molecular weight excluding hydrogens is 120 g/mol. The van der Waals surface area contributed by atoms with E-state index in [2.05, 4.69) is 38.1 Å². The lowest BCUT2D eigenvalue weighted by atomic mass is 10.1. The summed E-state index contributed by atoms with van der Waals surface area (Å²) in [4.78, 5) is 0. The molecule has 0 atom stereocenters. The molecule has 0 fully saturated rings. The number of hydrogen-bond acceptors (Lipinski definition) is 0. The monoisotopic (exact) mass is 133 g/mol. The van der Waals surface area contributed by atoms with Crippen LogP contribution in [0, 0.1) is 13.0 Å². The van der Waals surface area contributed by atoms with Crippen LogP contribution in [-0.2, 0) is 6.42 Å². The Balaban J connectivity index is 2.69. The molecular formula is C10H13. The van der Waals surface area contributed by atoms with E-state index in [1.165, 1.54) is 24.0 Å². The van der Waals surface area contributed by atoms with Crippen molar-refractivity contribution in [2.24, 2.45) is 0 Å². The van der Waals surface area contributed by atoms with E-state index in [1.54, 1.807) is 0 Å². The van der Waals surface area contributed by atoms with Gasteiger partial charge in [-0.1, -0.05) is 31.5 Å². The van der Waals surface area contributed by atoms with Crippen LogP contribution in [0.25, 0.3) is 0 Å². The van der Waals surface area contributed by atoms with Crippen molar-refractivity contribution in [3.8, 4) is 0 Å². The van der Waals surface area contributed by atoms with Gasteiger partial charge in [0.25, 0.3) is 0 Å². The summed E-state index contributed by atoms with van der Waals surface area (Å²) in [5, 5.41) is 0. The van der Waals surface area contributed by atoms with Crippen LogP contribution in [0.2, 0.25) is 0 Å². The summed E-state index contributed by atoms with van der Waals surface area (Å²) in [5.74, 6) is 0. The molecule has 0 heteroatoms. The van der Waals surface area contributed by atoms with Crippen molar-refractivity contribution in [1.82, 2.24) is 0 Å². The molecule has 0 unspecified atom stereocenters. The summed E-state index contributed by atoms with van der Waals surface area (Å²) in [6, 6.07) is 9.56. The number of rotatable bonds is 2. The van der Waals surface area contributed by atoms with Crippen LogP contribution in [-0.4, -0.2) is 0 Å². The highest BCUT2D eigenvalue weighted by Crippen LogP contribution is 2.03. The Morgan fingerprint density at radius 3 is 2.70 bits per heavy atom. The standard InChI is InChI=1S/C10H13/c1-3-4-10-7-5-9(2)6-8-10/h5,7-8H,3-4H2,1-2H3. The molecule has 0 aliphatic carbocycles. The van der Waals surface area contributed by atoms with Gasteiger partial charge in [0, 0.05) is 0 Å². The number of benzene rings is 1. The minimum atomic E-state index is 1.18. The lowest BCUT2D eigenvalue weighted by molar-refractivity contribution is 0.921. The Hall–Kier alpha value is -0.780. The molecule has 1 aromatic carbocycles. The maximum absolute atomic E-state index is 3.18. The number of hydrogen-bond donors (Lipinski definition) is 0. The Labute approximate surface area is 62.9 Å². The number of aryl methyl sites for hydroxylation is 2. The van der Waals surface area contributed by atoms with Crippen LogP contribution in [0.3, 0.4) is 0 Å². The first-order chi connectivity index (χ1) is 4.83. The summed E-state index contributed by atoms with van der Waals surface area (Å²) < 4.78 is 0. The zero-order chi connectivity index (χ0) is 7.40. The van der Waals surface area contributed by atoms with Crippen molar-refractivity contribution in [3.63, 3.8) is 0 Å². The molecule has 1 aromatic rings. The molecule has 0 heterocycles. The third kappa shape index (κ3) is 1.87. The van der Waals surface area contributed by atoms with Gasteiger partial charge < -0.3 is 0 Å². The molecule has 0 saturated heterocycles. The lowest BCUT2D eigenvalue weighted by Crippen LogP contribution is -1.81. The summed E-state index contributed by atoms with van der Waals surface area (Å²) in [5.41, 5.74) is 2.62. The molecule has 0 nitrogen and oxygen atoms in total. The molecule has 0 bridgehead atoms. The predicted molar refractivity (Wildman–Crippen MR) is 44.0 cm³/mol. The van der Waals surface area contributed by atoms with Crippen LogP contribution in [0.5, 0.6) is 0 Å². The SMILES string of the molecule is CCCc1c[c]c(C)cc1. The van der Waals surface area contributed by atoms with E-state index >= 15 is 0 Å². The first kappa shape index (κ1) is 7.33. The second-order valence-corrected chi connectivity index (χ2v) is 2.63. The molecule has 0 saturated carbocycles. The Morgan fingerprint density at radius 1 is 1.40 bits per heavy atom. The van der Waals surface area contributed by atoms with Crippen molar-refractivity contribution in [3.05, 3.63) is 35.4 Å². The third-order valence-electron chi connectivity index (χ3n) is 1.57. The van der Waals surface area contributed by atoms with Gasteiger partial charge in [-0.25, -0.2) is 0 Å². The fourth-order valence-corrected chi connectivity index (χ4v) is 0.979. The lowest BCUT2D eigenvalue weighted by Gasteiger charge is -1.96. The van der Waals surface area contributed by atoms with Crippen LogP contribution in [0.1, 0.15) is 24.5 Å². The van der Waals surface area contributed by atoms with Gasteiger partial charge in [-0.05, 0) is 30.5 Å². The van der Waals surface area contributed by atoms with Gasteiger partial charge in [0.05, 0.1) is 0 Å². The maximum atomic E-state index is 3.18. The molecule has 0 aromatic heterocycles. The van der Waals surface area contributed by atoms with Gasteiger partial charge >= 0.3 is 0 Å². The molecule has 0 amide bonds. The fourth-order valence-electron chi connectivity index (χ4n) is 0.979. The van der Waals surface area contributed by atoms with Crippen molar-refractivity contribution in [2.45, 2.75) is 26.7 Å². The largest absolute Gasteiger partial charge is 0.0651 e. The van der Waals surface area contributed by atoms with Gasteiger partial charge in [-0.3, -0.25) is 0 Å². The highest BCUT2D eigenvalue weighted by Gasteiger charge is 1.88. The molecule has 0 aliphatic heterocycles. The van der Waals surface area contributed by atoms with E-state index in [0.29, 0.717) is 0 Å². The van der Waals surface area contributed by atoms with Crippen molar-refractivity contribution < 1.29 is 0 Å². The van der Waals surface area contributed by atoms with Crippen molar-refractivity contribution in [2.75, 3.05) is 0 Å². The third-order valence-corrected chi connectivity index (χ3v) is 1.57. The zero-order valence-electron chi connectivity index (χ0n) is 6.65. The fraction of sp³-hybridized carbons (Fsp3) is 0.400. The van der Waals surface area contributed by atoms with Gasteiger partial charge in [-0.15, -0.1) is 0 Å². The minimum absolute atomic E-state index is 1.18. The van der Waals surface area contributed by atoms with Gasteiger partial charge in [0.1, 0.15) is 0 Å². The molecule has 0 aliphatic rings. The van der Waals surface area contributed by atoms with Crippen LogP contribution < -0.4 is 0 Å². The van der Waals surface area contributed by atoms with Gasteiger partial charge in [0.2, 0.25) is 0 Å². The van der Waals surface area contributed by atoms with E-state index < -0.39 is 0 Å². The van der Waals surface area contributed by atoms with E-state index in [-0.39, 0.29) is 0 Å². The average molecular weight is 133 g/mol. The van der Waals surface area contributed by atoms with Crippen LogP contribution >= 0.6 is 0 Å². The summed E-state index contributed by atoms with van der Waals surface area (Å²) in [6.07, 6.45) is 2.40. The highest BCUT2D eigenvalue weighted by molar-refractivity contribution is 5.19. The maximum Gasteiger partial charge on any atom is -0.0149 e. The van der Waals surface area contributed by atoms with Crippen LogP contribution in [0.4, 0.5) is 0 Å². The molecule has 0 spiro atoms. The van der Waals surface area contributed by atoms with E-state index in [1.807, 2.05) is 0 Å². The molecule has 10 heavy (non-hydrogen) atoms. The second kappa shape index (κ2) is 3.40. The molecule has 53 valence electrons. The van der Waals surface area contributed by atoms with Crippen molar-refractivity contribution >= 4 is 0 Å². The van der Waals surface area contributed by atoms with E-state index in [4.69, 9.17) is 0 Å². The highest BCUT2D eigenvalue weighted by atomic mass is 13.9. The summed E-state index contributed by atoms with van der Waals surface area (Å²) in [7, 11) is 0. The Kier molecular flexibility index (Phi) is 2.49. The zero-order valence-corrected chi connectivity index (χ0v) is 6.65. The second-order valence-electron chi connectivity index (χ2n) is 2.63. The quantitative estimate of drug-likeness (QED) is 0.582. The first-order valence-corrected chi connectivity index (χ1v) is 3.80. The average Bonchev–Trinajstić information content (AvgIpc) is 1.95. The minimum Gasteiger partial charge on any atom is -0.0651 e. The first-order valence-electron chi connectivity index (χ1n) is 3.80. The molecule has 0 N–H and O–H groups in total. The summed E-state index contributed by atoms with van der Waals surface area (Å²) in [6.45, 7) is 4.26. The molecule has 1 radical (unpaired) electrons. The van der Waals surface area contributed by atoms with E-state index in [9.17, 15) is 0 Å². The normalized spacial score (nSPS) is 9.80.